The predicted octanol–water partition coefficient (Wildman–Crippen LogP) is 12.0. The molecular weight excluding hydrogens is 1050 g/mol. The van der Waals surface area contributed by atoms with E-state index in [1.165, 1.54) is 44.5 Å². The Morgan fingerprint density at radius 3 is 1.18 bits per heavy atom. The topological polar surface area (TPSA) is 0 Å². The van der Waals surface area contributed by atoms with E-state index in [9.17, 15) is 0 Å². The van der Waals surface area contributed by atoms with Crippen molar-refractivity contribution in [1.82, 2.24) is 0 Å². The largest absolute Gasteiger partial charge is 0.147 e. The third kappa shape index (κ3) is 7.93. The first kappa shape index (κ1) is 40.5. The molecule has 4 heteroatoms. The number of hydrogen-bond acceptors (Lipinski definition) is 0. The standard InChI is InChI=1S/2C13H9.2C8H8.2C5H5.2ClH.2Hf/c2*1-3-7-12-10(5-1)9-11-6-2-4-8-13(11)12;2*1-2-8-6-4-3-5-7-8;2*1-2-4-5-3-1;;;;/h2*1-5,7-8H,9H2;2*3-7H,1H3;2*1-3H,4H2;2*1H;;. The Kier molecular flexibility index (Phi) is 13.2. The fourth-order valence-electron chi connectivity index (χ4n) is 8.94. The molecule has 0 amide bonds. The van der Waals surface area contributed by atoms with Crippen LogP contribution in [0.5, 0.6) is 0 Å². The summed E-state index contributed by atoms with van der Waals surface area (Å²) in [7, 11) is 0. The maximum absolute atomic E-state index is 2.44. The number of halogens is 2. The van der Waals surface area contributed by atoms with E-state index in [0.29, 0.717) is 0 Å². The van der Waals surface area contributed by atoms with Crippen LogP contribution >= 0.6 is 24.8 Å². The van der Waals surface area contributed by atoms with E-state index in [1.54, 1.807) is 30.9 Å². The fourth-order valence-corrected chi connectivity index (χ4v) is 30.9. The van der Waals surface area contributed by atoms with Crippen LogP contribution in [0.1, 0.15) is 60.1 Å². The van der Waals surface area contributed by atoms with Gasteiger partial charge in [-0.05, 0) is 0 Å². The molecule has 0 heterocycles. The second kappa shape index (κ2) is 18.3. The molecule has 4 aliphatic carbocycles. The molecule has 0 radical (unpaired) electrons. The molecule has 0 saturated heterocycles. The summed E-state index contributed by atoms with van der Waals surface area (Å²) in [6, 6.07) is 54.1. The Bertz CT molecular complexity index is 2420. The summed E-state index contributed by atoms with van der Waals surface area (Å²) in [6.07, 6.45) is 18.5. The van der Waals surface area contributed by atoms with E-state index < -0.39 is 41.9 Å². The molecular formula is C52H46Cl2Hf2. The molecule has 0 unspecified atom stereocenters. The molecule has 4 aliphatic rings. The van der Waals surface area contributed by atoms with E-state index in [2.05, 4.69) is 196 Å². The zero-order chi connectivity index (χ0) is 36.4. The molecule has 10 rings (SSSR count). The minimum atomic E-state index is -2.37. The molecule has 0 bridgehead atoms. The third-order valence-electron chi connectivity index (χ3n) is 11.6. The first-order valence-corrected chi connectivity index (χ1v) is 30.1. The molecule has 0 spiro atoms. The molecule has 276 valence electrons. The molecule has 0 aromatic heterocycles. The quantitative estimate of drug-likeness (QED) is 0.146. The summed E-state index contributed by atoms with van der Waals surface area (Å²) < 4.78 is 10.1. The van der Waals surface area contributed by atoms with Gasteiger partial charge in [0.2, 0.25) is 0 Å². The summed E-state index contributed by atoms with van der Waals surface area (Å²) in [5.41, 5.74) is 14.9. The van der Waals surface area contributed by atoms with Crippen molar-refractivity contribution in [3.63, 3.8) is 0 Å². The minimum absolute atomic E-state index is 0. The van der Waals surface area contributed by atoms with Gasteiger partial charge in [0, 0.05) is 0 Å². The molecule has 56 heavy (non-hydrogen) atoms. The second-order valence-electron chi connectivity index (χ2n) is 14.7. The summed E-state index contributed by atoms with van der Waals surface area (Å²) in [5.74, 6) is 0. The average Bonchev–Trinajstić information content (AvgIpc) is 4.07. The summed E-state index contributed by atoms with van der Waals surface area (Å²) in [4.78, 5) is 0. The molecule has 6 aromatic carbocycles. The molecule has 0 saturated carbocycles. The number of hydrogen-bond donors (Lipinski definition) is 0. The van der Waals surface area contributed by atoms with Gasteiger partial charge in [-0.3, -0.25) is 0 Å². The number of rotatable bonds is 6. The maximum atomic E-state index is 2.44. The van der Waals surface area contributed by atoms with Gasteiger partial charge in [-0.15, -0.1) is 24.8 Å². The van der Waals surface area contributed by atoms with Crippen molar-refractivity contribution in [2.24, 2.45) is 0 Å². The van der Waals surface area contributed by atoms with Crippen LogP contribution in [0.15, 0.2) is 189 Å². The summed E-state index contributed by atoms with van der Waals surface area (Å²) in [6.45, 7) is 4.80. The van der Waals surface area contributed by atoms with Crippen molar-refractivity contribution in [3.8, 4) is 22.3 Å². The minimum Gasteiger partial charge on any atom is -0.147 e. The summed E-state index contributed by atoms with van der Waals surface area (Å²) >= 11 is -4.74. The van der Waals surface area contributed by atoms with Crippen LogP contribution in [0.25, 0.3) is 22.3 Å². The molecule has 0 fully saturated rings. The van der Waals surface area contributed by atoms with Gasteiger partial charge in [0.1, 0.15) is 0 Å². The average molecular weight is 1100 g/mol. The van der Waals surface area contributed by atoms with Crippen LogP contribution in [-0.4, -0.2) is 6.51 Å². The van der Waals surface area contributed by atoms with Gasteiger partial charge in [0.25, 0.3) is 0 Å². The molecule has 0 nitrogen and oxygen atoms in total. The van der Waals surface area contributed by atoms with Gasteiger partial charge in [0.05, 0.1) is 0 Å². The predicted molar refractivity (Wildman–Crippen MR) is 239 cm³/mol. The normalized spacial score (nSPS) is 14.7. The van der Waals surface area contributed by atoms with Gasteiger partial charge in [-0.25, -0.2) is 0 Å². The van der Waals surface area contributed by atoms with Crippen LogP contribution in [0.2, 0.25) is 0 Å². The van der Waals surface area contributed by atoms with Crippen LogP contribution in [0.4, 0.5) is 0 Å². The Balaban J connectivity index is 0.000000166. The maximum Gasteiger partial charge on any atom is -0.147 e. The van der Waals surface area contributed by atoms with Crippen LogP contribution < -0.4 is 6.64 Å². The monoisotopic (exact) mass is 1100 g/mol. The Labute approximate surface area is 360 Å². The van der Waals surface area contributed by atoms with Crippen molar-refractivity contribution < 1.29 is 41.9 Å². The number of benzene rings is 6. The Hall–Kier alpha value is -3.66. The number of allylic oxidation sites excluding steroid dienone is 8. The summed E-state index contributed by atoms with van der Waals surface area (Å²) in [5, 5.41) is 0. The van der Waals surface area contributed by atoms with E-state index in [0.717, 1.165) is 25.7 Å². The van der Waals surface area contributed by atoms with E-state index in [4.69, 9.17) is 0 Å². The Morgan fingerprint density at radius 2 is 0.786 bits per heavy atom. The third-order valence-corrected chi connectivity index (χ3v) is 33.6. The van der Waals surface area contributed by atoms with Crippen molar-refractivity contribution in [2.45, 2.75) is 39.5 Å². The molecule has 6 aromatic rings. The Morgan fingerprint density at radius 1 is 0.411 bits per heavy atom. The zero-order valence-corrected chi connectivity index (χ0v) is 40.8. The molecule has 0 atom stereocenters. The van der Waals surface area contributed by atoms with E-state index in [1.807, 2.05) is 0 Å². The SMILES string of the molecule is C/[C](c1ccccc1)=[Hf](/[C]1=CC=CC1)[c]1cccc2c1Cc1ccccc1-2.C/[C](c1ccccc1)=[Hf](/[C]1=CC=CC1)[c]1cccc2c1Cc1ccccc1-2.Cl.Cl. The van der Waals surface area contributed by atoms with Crippen molar-refractivity contribution in [3.05, 3.63) is 222 Å². The van der Waals surface area contributed by atoms with Gasteiger partial charge in [0.15, 0.2) is 0 Å². The van der Waals surface area contributed by atoms with E-state index >= 15 is 0 Å². The second-order valence-corrected chi connectivity index (χ2v) is 34.0. The van der Waals surface area contributed by atoms with Crippen LogP contribution in [0.3, 0.4) is 0 Å². The van der Waals surface area contributed by atoms with E-state index in [-0.39, 0.29) is 24.8 Å². The first-order valence-electron chi connectivity index (χ1n) is 19.3. The van der Waals surface area contributed by atoms with Crippen LogP contribution in [0, 0.1) is 0 Å². The number of fused-ring (bicyclic) bond motifs is 6. The van der Waals surface area contributed by atoms with Crippen molar-refractivity contribution in [1.29, 1.82) is 0 Å². The van der Waals surface area contributed by atoms with Gasteiger partial charge in [-0.1, -0.05) is 0 Å². The van der Waals surface area contributed by atoms with Gasteiger partial charge < -0.3 is 0 Å². The van der Waals surface area contributed by atoms with Crippen LogP contribution in [-0.2, 0) is 54.8 Å². The first-order chi connectivity index (χ1) is 26.7. The van der Waals surface area contributed by atoms with Gasteiger partial charge >= 0.3 is 339 Å². The smallest absolute Gasteiger partial charge is 0.147 e. The fraction of sp³-hybridized carbons (Fsp3) is 0.115. The van der Waals surface area contributed by atoms with Crippen molar-refractivity contribution >= 4 is 38.0 Å². The van der Waals surface area contributed by atoms with Gasteiger partial charge in [-0.2, -0.15) is 0 Å². The van der Waals surface area contributed by atoms with Crippen molar-refractivity contribution in [2.75, 3.05) is 0 Å². The zero-order valence-electron chi connectivity index (χ0n) is 32.0. The molecule has 0 N–H and O–H groups in total. The molecule has 0 aliphatic heterocycles.